The van der Waals surface area contributed by atoms with Gasteiger partial charge in [-0.2, -0.15) is 0 Å². The van der Waals surface area contributed by atoms with E-state index in [4.69, 9.17) is 4.42 Å². The minimum atomic E-state index is -0.655. The van der Waals surface area contributed by atoms with E-state index < -0.39 is 11.9 Å². The lowest BCUT2D eigenvalue weighted by molar-refractivity contribution is 0.109. The normalized spacial score (nSPS) is 16.8. The molecule has 0 bridgehead atoms. The van der Waals surface area contributed by atoms with Gasteiger partial charge >= 0.3 is 5.76 Å². The molecular formula is C20H22FN3O3. The summed E-state index contributed by atoms with van der Waals surface area (Å²) >= 11 is 0. The van der Waals surface area contributed by atoms with E-state index in [1.54, 1.807) is 31.3 Å². The summed E-state index contributed by atoms with van der Waals surface area (Å²) < 4.78 is 19.7. The fourth-order valence-electron chi connectivity index (χ4n) is 3.55. The Kier molecular flexibility index (Phi) is 4.72. The predicted molar refractivity (Wildman–Crippen MR) is 101 cm³/mol. The second-order valence-corrected chi connectivity index (χ2v) is 6.93. The molecule has 1 aromatic heterocycles. The van der Waals surface area contributed by atoms with Crippen molar-refractivity contribution in [2.24, 2.45) is 7.05 Å². The van der Waals surface area contributed by atoms with Crippen molar-refractivity contribution in [1.29, 1.82) is 0 Å². The number of hydrogen-bond acceptors (Lipinski definition) is 5. The molecule has 1 aliphatic heterocycles. The number of aliphatic hydroxyl groups excluding tert-OH is 1. The Morgan fingerprint density at radius 2 is 1.81 bits per heavy atom. The Morgan fingerprint density at radius 3 is 2.52 bits per heavy atom. The van der Waals surface area contributed by atoms with E-state index in [1.807, 2.05) is 6.07 Å². The van der Waals surface area contributed by atoms with Crippen molar-refractivity contribution < 1.29 is 13.9 Å². The number of benzene rings is 2. The second-order valence-electron chi connectivity index (χ2n) is 6.93. The highest BCUT2D eigenvalue weighted by Gasteiger charge is 2.21. The van der Waals surface area contributed by atoms with Crippen LogP contribution in [-0.4, -0.2) is 47.3 Å². The number of halogens is 1. The minimum Gasteiger partial charge on any atom is -0.408 e. The molecule has 2 heterocycles. The number of hydrogen-bond donors (Lipinski definition) is 1. The number of fused-ring (bicyclic) bond motifs is 1. The first-order valence-corrected chi connectivity index (χ1v) is 9.02. The fourth-order valence-corrected chi connectivity index (χ4v) is 3.55. The second kappa shape index (κ2) is 7.17. The van der Waals surface area contributed by atoms with Crippen LogP contribution in [0.5, 0.6) is 0 Å². The van der Waals surface area contributed by atoms with Crippen LogP contribution in [0.1, 0.15) is 11.7 Å². The molecule has 1 aliphatic rings. The third kappa shape index (κ3) is 3.61. The van der Waals surface area contributed by atoms with Gasteiger partial charge in [0.05, 0.1) is 11.6 Å². The van der Waals surface area contributed by atoms with Gasteiger partial charge in [0.1, 0.15) is 5.82 Å². The average molecular weight is 371 g/mol. The number of piperazine rings is 1. The van der Waals surface area contributed by atoms with Crippen molar-refractivity contribution in [3.05, 3.63) is 64.4 Å². The maximum Gasteiger partial charge on any atom is 0.419 e. The minimum absolute atomic E-state index is 0.230. The van der Waals surface area contributed by atoms with Gasteiger partial charge in [-0.15, -0.1) is 0 Å². The van der Waals surface area contributed by atoms with Gasteiger partial charge in [-0.1, -0.05) is 6.07 Å². The van der Waals surface area contributed by atoms with Crippen LogP contribution in [0, 0.1) is 5.82 Å². The molecule has 27 heavy (non-hydrogen) atoms. The van der Waals surface area contributed by atoms with E-state index in [-0.39, 0.29) is 5.82 Å². The summed E-state index contributed by atoms with van der Waals surface area (Å²) in [7, 11) is 1.66. The highest BCUT2D eigenvalue weighted by Crippen LogP contribution is 2.22. The third-order valence-corrected chi connectivity index (χ3v) is 5.20. The maximum atomic E-state index is 13.1. The lowest BCUT2D eigenvalue weighted by atomic mass is 10.1. The first-order chi connectivity index (χ1) is 13.0. The van der Waals surface area contributed by atoms with Gasteiger partial charge in [-0.05, 0) is 42.0 Å². The summed E-state index contributed by atoms with van der Waals surface area (Å²) in [4.78, 5) is 16.0. The lowest BCUT2D eigenvalue weighted by Crippen LogP contribution is -2.47. The molecule has 0 amide bonds. The van der Waals surface area contributed by atoms with E-state index in [0.29, 0.717) is 17.6 Å². The fraction of sp³-hybridized carbons (Fsp3) is 0.350. The zero-order chi connectivity index (χ0) is 19.0. The summed E-state index contributed by atoms with van der Waals surface area (Å²) in [5, 5.41) is 10.6. The molecule has 0 radical (unpaired) electrons. The van der Waals surface area contributed by atoms with Gasteiger partial charge in [-0.25, -0.2) is 9.18 Å². The van der Waals surface area contributed by atoms with Gasteiger partial charge in [0, 0.05) is 45.5 Å². The molecule has 0 unspecified atom stereocenters. The van der Waals surface area contributed by atoms with Gasteiger partial charge in [0.25, 0.3) is 0 Å². The molecule has 1 saturated heterocycles. The van der Waals surface area contributed by atoms with E-state index in [9.17, 15) is 14.3 Å². The molecule has 6 nitrogen and oxygen atoms in total. The Bertz CT molecular complexity index is 988. The Morgan fingerprint density at radius 1 is 1.11 bits per heavy atom. The third-order valence-electron chi connectivity index (χ3n) is 5.20. The Balaban J connectivity index is 1.38. The monoisotopic (exact) mass is 371 g/mol. The van der Waals surface area contributed by atoms with Crippen LogP contribution in [0.3, 0.4) is 0 Å². The van der Waals surface area contributed by atoms with Crippen LogP contribution in [-0.2, 0) is 7.05 Å². The summed E-state index contributed by atoms with van der Waals surface area (Å²) in [6, 6.07) is 11.9. The molecule has 0 saturated carbocycles. The number of anilines is 1. The number of aromatic nitrogens is 1. The highest BCUT2D eigenvalue weighted by atomic mass is 19.1. The molecule has 1 atom stereocenters. The summed E-state index contributed by atoms with van der Waals surface area (Å²) in [6.07, 6.45) is -0.655. The SMILES string of the molecule is Cn1c(=O)oc2cc([C@@H](O)CN3CCN(c4ccc(F)cc4)CC3)ccc21. The van der Waals surface area contributed by atoms with Crippen LogP contribution in [0.4, 0.5) is 10.1 Å². The number of aliphatic hydroxyl groups is 1. The largest absolute Gasteiger partial charge is 0.419 e. The van der Waals surface area contributed by atoms with Gasteiger partial charge in [0.15, 0.2) is 5.58 Å². The van der Waals surface area contributed by atoms with Crippen LogP contribution in [0.25, 0.3) is 11.1 Å². The molecule has 0 aliphatic carbocycles. The average Bonchev–Trinajstić information content (AvgIpc) is 2.96. The van der Waals surface area contributed by atoms with Gasteiger partial charge < -0.3 is 14.4 Å². The number of nitrogens with zero attached hydrogens (tertiary/aromatic N) is 3. The predicted octanol–water partition coefficient (Wildman–Crippen LogP) is 2.13. The van der Waals surface area contributed by atoms with Crippen molar-refractivity contribution in [3.63, 3.8) is 0 Å². The summed E-state index contributed by atoms with van der Waals surface area (Å²) in [5.41, 5.74) is 2.95. The molecule has 1 N–H and O–H groups in total. The van der Waals surface area contributed by atoms with E-state index in [2.05, 4.69) is 9.80 Å². The highest BCUT2D eigenvalue weighted by molar-refractivity contribution is 5.73. The number of oxazole rings is 1. The van der Waals surface area contributed by atoms with Crippen molar-refractivity contribution in [3.8, 4) is 0 Å². The van der Waals surface area contributed by atoms with Crippen LogP contribution in [0.15, 0.2) is 51.7 Å². The molecule has 7 heteroatoms. The van der Waals surface area contributed by atoms with Crippen LogP contribution >= 0.6 is 0 Å². The van der Waals surface area contributed by atoms with E-state index >= 15 is 0 Å². The van der Waals surface area contributed by atoms with E-state index in [0.717, 1.165) is 37.4 Å². The molecule has 142 valence electrons. The quantitative estimate of drug-likeness (QED) is 0.761. The summed E-state index contributed by atoms with van der Waals surface area (Å²) in [6.45, 7) is 3.80. The van der Waals surface area contributed by atoms with Crippen LogP contribution < -0.4 is 10.7 Å². The standard InChI is InChI=1S/C20H22FN3O3/c1-22-17-7-2-14(12-19(17)27-20(22)26)18(25)13-23-8-10-24(11-9-23)16-5-3-15(21)4-6-16/h2-7,12,18,25H,8-11,13H2,1H3/t18-/m0/s1. The number of rotatable bonds is 4. The van der Waals surface area contributed by atoms with E-state index in [1.165, 1.54) is 16.7 Å². The number of β-amino-alcohol motifs (C(OH)–C–C–N with tert-alkyl or cyclic N) is 1. The smallest absolute Gasteiger partial charge is 0.408 e. The topological polar surface area (TPSA) is 61.9 Å². The van der Waals surface area contributed by atoms with Gasteiger partial charge in [0.2, 0.25) is 0 Å². The molecule has 0 spiro atoms. The van der Waals surface area contributed by atoms with Crippen LogP contribution in [0.2, 0.25) is 0 Å². The zero-order valence-electron chi connectivity index (χ0n) is 15.1. The van der Waals surface area contributed by atoms with Crippen molar-refractivity contribution in [1.82, 2.24) is 9.47 Å². The maximum absolute atomic E-state index is 13.1. The number of aryl methyl sites for hydroxylation is 1. The summed E-state index contributed by atoms with van der Waals surface area (Å²) in [5.74, 6) is -0.639. The first-order valence-electron chi connectivity index (χ1n) is 9.02. The van der Waals surface area contributed by atoms with Crippen molar-refractivity contribution in [2.75, 3.05) is 37.6 Å². The van der Waals surface area contributed by atoms with Crippen molar-refractivity contribution >= 4 is 16.8 Å². The molecule has 3 aromatic rings. The Labute approximate surface area is 156 Å². The molecule has 2 aromatic carbocycles. The lowest BCUT2D eigenvalue weighted by Gasteiger charge is -2.37. The first kappa shape index (κ1) is 17.8. The molecular weight excluding hydrogens is 349 g/mol. The molecule has 4 rings (SSSR count). The Hall–Kier alpha value is -2.64. The zero-order valence-corrected chi connectivity index (χ0v) is 15.1. The van der Waals surface area contributed by atoms with Crippen molar-refractivity contribution in [2.45, 2.75) is 6.10 Å². The van der Waals surface area contributed by atoms with Gasteiger partial charge in [-0.3, -0.25) is 9.47 Å². The molecule has 1 fully saturated rings.